The maximum absolute atomic E-state index is 12.0. The highest BCUT2D eigenvalue weighted by atomic mass is 16.6. The highest BCUT2D eigenvalue weighted by Crippen LogP contribution is 2.22. The van der Waals surface area contributed by atoms with Crippen LogP contribution in [0.3, 0.4) is 0 Å². The largest absolute Gasteiger partial charge is 0.454 e. The third-order valence-electron chi connectivity index (χ3n) is 3.06. The molecule has 0 radical (unpaired) electrons. The molecule has 0 amide bonds. The second kappa shape index (κ2) is 6.50. The molecule has 110 valence electrons. The molecule has 0 saturated carbocycles. The molecule has 6 nitrogen and oxygen atoms in total. The van der Waals surface area contributed by atoms with Crippen LogP contribution in [0.1, 0.15) is 34.5 Å². The first kappa shape index (κ1) is 15.2. The van der Waals surface area contributed by atoms with Crippen molar-refractivity contribution in [2.45, 2.75) is 13.0 Å². The molecule has 0 N–H and O–H groups in total. The van der Waals surface area contributed by atoms with Gasteiger partial charge in [0.05, 0.1) is 22.1 Å². The number of ether oxygens (including phenoxy) is 1. The van der Waals surface area contributed by atoms with Crippen molar-refractivity contribution < 1.29 is 14.5 Å². The fourth-order valence-electron chi connectivity index (χ4n) is 1.90. The highest BCUT2D eigenvalue weighted by molar-refractivity contribution is 5.90. The van der Waals surface area contributed by atoms with Gasteiger partial charge >= 0.3 is 5.97 Å². The van der Waals surface area contributed by atoms with Crippen LogP contribution in [0.2, 0.25) is 0 Å². The molecule has 2 aromatic carbocycles. The fraction of sp³-hybridized carbons (Fsp3) is 0.125. The van der Waals surface area contributed by atoms with Gasteiger partial charge in [-0.05, 0) is 30.7 Å². The number of hydrogen-bond acceptors (Lipinski definition) is 5. The zero-order valence-electron chi connectivity index (χ0n) is 11.7. The number of benzene rings is 2. The minimum absolute atomic E-state index is 0.0631. The van der Waals surface area contributed by atoms with Crippen LogP contribution < -0.4 is 0 Å². The lowest BCUT2D eigenvalue weighted by molar-refractivity contribution is -0.385. The van der Waals surface area contributed by atoms with Crippen molar-refractivity contribution in [2.75, 3.05) is 0 Å². The van der Waals surface area contributed by atoms with Crippen molar-refractivity contribution in [1.29, 1.82) is 5.26 Å². The van der Waals surface area contributed by atoms with Crippen LogP contribution in [0.4, 0.5) is 5.69 Å². The summed E-state index contributed by atoms with van der Waals surface area (Å²) in [6.07, 6.45) is -0.641. The SMILES string of the molecule is C[C@H](OC(=O)c1cccc(C#N)c1)c1cccc([N+](=O)[O-])c1. The Balaban J connectivity index is 2.16. The molecule has 0 aliphatic carbocycles. The Kier molecular flexibility index (Phi) is 4.49. The normalized spacial score (nSPS) is 11.3. The summed E-state index contributed by atoms with van der Waals surface area (Å²) in [6, 6.07) is 14.0. The van der Waals surface area contributed by atoms with E-state index >= 15 is 0 Å². The Morgan fingerprint density at radius 2 is 2.00 bits per heavy atom. The van der Waals surface area contributed by atoms with E-state index in [2.05, 4.69) is 0 Å². The molecule has 1 atom stereocenters. The predicted molar refractivity (Wildman–Crippen MR) is 78.1 cm³/mol. The van der Waals surface area contributed by atoms with E-state index in [1.165, 1.54) is 24.3 Å². The maximum atomic E-state index is 12.0. The van der Waals surface area contributed by atoms with E-state index in [1.54, 1.807) is 31.2 Å². The number of rotatable bonds is 4. The third kappa shape index (κ3) is 3.46. The molecule has 0 saturated heterocycles. The van der Waals surface area contributed by atoms with Gasteiger partial charge in [-0.25, -0.2) is 4.79 Å². The highest BCUT2D eigenvalue weighted by Gasteiger charge is 2.16. The third-order valence-corrected chi connectivity index (χ3v) is 3.06. The Bertz CT molecular complexity index is 765. The molecule has 0 aliphatic rings. The minimum Gasteiger partial charge on any atom is -0.454 e. The van der Waals surface area contributed by atoms with Gasteiger partial charge in [0.2, 0.25) is 0 Å². The van der Waals surface area contributed by atoms with Crippen molar-refractivity contribution in [2.24, 2.45) is 0 Å². The van der Waals surface area contributed by atoms with Gasteiger partial charge in [-0.1, -0.05) is 18.2 Å². The Morgan fingerprint density at radius 3 is 2.68 bits per heavy atom. The van der Waals surface area contributed by atoms with E-state index < -0.39 is 17.0 Å². The van der Waals surface area contributed by atoms with Crippen LogP contribution in [0.25, 0.3) is 0 Å². The molecule has 2 rings (SSSR count). The molecule has 0 fully saturated rings. The van der Waals surface area contributed by atoms with Crippen LogP contribution >= 0.6 is 0 Å². The average molecular weight is 296 g/mol. The molecule has 22 heavy (non-hydrogen) atoms. The van der Waals surface area contributed by atoms with E-state index in [1.807, 2.05) is 6.07 Å². The molecule has 0 unspecified atom stereocenters. The second-order valence-corrected chi connectivity index (χ2v) is 4.59. The van der Waals surface area contributed by atoms with Crippen LogP contribution in [0.15, 0.2) is 48.5 Å². The monoisotopic (exact) mass is 296 g/mol. The first-order chi connectivity index (χ1) is 10.5. The number of nitrogens with zero attached hydrogens (tertiary/aromatic N) is 2. The molecule has 0 aliphatic heterocycles. The number of nitro groups is 1. The van der Waals surface area contributed by atoms with E-state index in [4.69, 9.17) is 10.00 Å². The Hall–Kier alpha value is -3.20. The van der Waals surface area contributed by atoms with Crippen molar-refractivity contribution in [3.63, 3.8) is 0 Å². The lowest BCUT2D eigenvalue weighted by atomic mass is 10.1. The molecule has 6 heteroatoms. The number of nitriles is 1. The van der Waals surface area contributed by atoms with Crippen LogP contribution in [0, 0.1) is 21.4 Å². The van der Waals surface area contributed by atoms with Crippen molar-refractivity contribution in [3.05, 3.63) is 75.3 Å². The lowest BCUT2D eigenvalue weighted by Crippen LogP contribution is -2.09. The zero-order chi connectivity index (χ0) is 16.1. The summed E-state index contributed by atoms with van der Waals surface area (Å²) in [5.74, 6) is -0.587. The summed E-state index contributed by atoms with van der Waals surface area (Å²) in [5.41, 5.74) is 1.08. The number of nitro benzene ring substituents is 1. The number of esters is 1. The van der Waals surface area contributed by atoms with E-state index in [0.717, 1.165) is 0 Å². The Morgan fingerprint density at radius 1 is 1.27 bits per heavy atom. The van der Waals surface area contributed by atoms with Crippen LogP contribution in [0.5, 0.6) is 0 Å². The standard InChI is InChI=1S/C16H12N2O4/c1-11(13-5-3-7-15(9-13)18(20)21)22-16(19)14-6-2-4-12(8-14)10-17/h2-9,11H,1H3/t11-/m0/s1. The van der Waals surface area contributed by atoms with Gasteiger partial charge in [-0.2, -0.15) is 5.26 Å². The topological polar surface area (TPSA) is 93.2 Å². The summed E-state index contributed by atoms with van der Waals surface area (Å²) in [7, 11) is 0. The second-order valence-electron chi connectivity index (χ2n) is 4.59. The van der Waals surface area contributed by atoms with E-state index in [-0.39, 0.29) is 11.3 Å². The molecule has 0 heterocycles. The van der Waals surface area contributed by atoms with Crippen LogP contribution in [-0.4, -0.2) is 10.9 Å². The van der Waals surface area contributed by atoms with Gasteiger partial charge in [0.15, 0.2) is 0 Å². The number of non-ortho nitro benzene ring substituents is 1. The maximum Gasteiger partial charge on any atom is 0.338 e. The first-order valence-corrected chi connectivity index (χ1v) is 6.47. The summed E-state index contributed by atoms with van der Waals surface area (Å²) >= 11 is 0. The zero-order valence-corrected chi connectivity index (χ0v) is 11.7. The number of carbonyl (C=O) groups excluding carboxylic acids is 1. The van der Waals surface area contributed by atoms with Gasteiger partial charge in [0.1, 0.15) is 6.10 Å². The van der Waals surface area contributed by atoms with Gasteiger partial charge in [-0.15, -0.1) is 0 Å². The minimum atomic E-state index is -0.641. The van der Waals surface area contributed by atoms with E-state index in [9.17, 15) is 14.9 Å². The van der Waals surface area contributed by atoms with E-state index in [0.29, 0.717) is 11.1 Å². The molecule has 0 aromatic heterocycles. The van der Waals surface area contributed by atoms with Gasteiger partial charge in [0.25, 0.3) is 5.69 Å². The molecular formula is C16H12N2O4. The first-order valence-electron chi connectivity index (χ1n) is 6.47. The average Bonchev–Trinajstić information content (AvgIpc) is 2.54. The summed E-state index contributed by atoms with van der Waals surface area (Å²) in [6.45, 7) is 1.63. The van der Waals surface area contributed by atoms with Crippen molar-refractivity contribution >= 4 is 11.7 Å². The van der Waals surface area contributed by atoms with Crippen molar-refractivity contribution in [3.8, 4) is 6.07 Å². The lowest BCUT2D eigenvalue weighted by Gasteiger charge is -2.13. The summed E-state index contributed by atoms with van der Waals surface area (Å²) < 4.78 is 5.29. The smallest absolute Gasteiger partial charge is 0.338 e. The Labute approximate surface area is 126 Å². The van der Waals surface area contributed by atoms with Gasteiger partial charge < -0.3 is 4.74 Å². The number of carbonyl (C=O) groups is 1. The molecule has 0 spiro atoms. The number of hydrogen-bond donors (Lipinski definition) is 0. The van der Waals surface area contributed by atoms with Gasteiger partial charge in [-0.3, -0.25) is 10.1 Å². The molecule has 0 bridgehead atoms. The molecular weight excluding hydrogens is 284 g/mol. The van der Waals surface area contributed by atoms with Crippen molar-refractivity contribution in [1.82, 2.24) is 0 Å². The quantitative estimate of drug-likeness (QED) is 0.489. The molecule has 2 aromatic rings. The predicted octanol–water partition coefficient (Wildman–Crippen LogP) is 3.38. The fourth-order valence-corrected chi connectivity index (χ4v) is 1.90. The summed E-state index contributed by atoms with van der Waals surface area (Å²) in [5, 5.41) is 19.6. The van der Waals surface area contributed by atoms with Crippen LogP contribution in [-0.2, 0) is 4.74 Å². The van der Waals surface area contributed by atoms with Gasteiger partial charge in [0, 0.05) is 12.1 Å². The summed E-state index contributed by atoms with van der Waals surface area (Å²) in [4.78, 5) is 22.3.